The van der Waals surface area contributed by atoms with E-state index in [-0.39, 0.29) is 0 Å². The van der Waals surface area contributed by atoms with Gasteiger partial charge < -0.3 is 5.32 Å². The summed E-state index contributed by atoms with van der Waals surface area (Å²) in [5.74, 6) is 0.956. The molecule has 1 aliphatic carbocycles. The summed E-state index contributed by atoms with van der Waals surface area (Å²) in [5.41, 5.74) is 0.647. The first kappa shape index (κ1) is 13.0. The second kappa shape index (κ2) is 6.52. The Bertz CT molecular complexity index is 163. The number of nitrogens with one attached hydrogen (secondary N) is 1. The van der Waals surface area contributed by atoms with E-state index in [1.54, 1.807) is 0 Å². The maximum Gasteiger partial charge on any atom is -0.00152 e. The molecule has 0 amide bonds. The molecule has 0 aromatic rings. The van der Waals surface area contributed by atoms with Crippen molar-refractivity contribution in [3.63, 3.8) is 0 Å². The minimum absolute atomic E-state index is 0.647. The van der Waals surface area contributed by atoms with E-state index in [9.17, 15) is 0 Å². The summed E-state index contributed by atoms with van der Waals surface area (Å²) >= 11 is 0. The van der Waals surface area contributed by atoms with E-state index in [0.717, 1.165) is 5.92 Å². The maximum absolute atomic E-state index is 3.59. The normalized spacial score (nSPS) is 23.0. The first-order chi connectivity index (χ1) is 7.17. The van der Waals surface area contributed by atoms with E-state index in [2.05, 4.69) is 26.1 Å². The molecule has 1 atom stereocenters. The van der Waals surface area contributed by atoms with Gasteiger partial charge in [0, 0.05) is 0 Å². The van der Waals surface area contributed by atoms with Crippen LogP contribution in [0.3, 0.4) is 0 Å². The third-order valence-corrected chi connectivity index (χ3v) is 3.82. The van der Waals surface area contributed by atoms with Gasteiger partial charge in [-0.3, -0.25) is 0 Å². The molecule has 0 radical (unpaired) electrons. The van der Waals surface area contributed by atoms with Crippen molar-refractivity contribution in [2.45, 2.75) is 65.7 Å². The molecule has 0 spiro atoms. The summed E-state index contributed by atoms with van der Waals surface area (Å²) in [6.07, 6.45) is 9.86. The van der Waals surface area contributed by atoms with Crippen LogP contribution in [-0.4, -0.2) is 13.1 Å². The average molecular weight is 211 g/mol. The minimum Gasteiger partial charge on any atom is -0.316 e. The van der Waals surface area contributed by atoms with Crippen molar-refractivity contribution in [3.8, 4) is 0 Å². The van der Waals surface area contributed by atoms with Crippen LogP contribution in [0, 0.1) is 11.3 Å². The largest absolute Gasteiger partial charge is 0.316 e. The molecule has 1 N–H and O–H groups in total. The molecular formula is C14H29N. The van der Waals surface area contributed by atoms with Gasteiger partial charge in [-0.2, -0.15) is 0 Å². The van der Waals surface area contributed by atoms with E-state index in [1.165, 1.54) is 58.0 Å². The Balaban J connectivity index is 1.74. The Morgan fingerprint density at radius 1 is 1.07 bits per heavy atom. The van der Waals surface area contributed by atoms with Gasteiger partial charge in [-0.05, 0) is 37.3 Å². The summed E-state index contributed by atoms with van der Waals surface area (Å²) in [4.78, 5) is 0. The van der Waals surface area contributed by atoms with E-state index < -0.39 is 0 Å². The quantitative estimate of drug-likeness (QED) is 0.569. The molecule has 1 aliphatic rings. The summed E-state index contributed by atoms with van der Waals surface area (Å²) in [6, 6.07) is 0. The van der Waals surface area contributed by atoms with Crippen LogP contribution in [0.4, 0.5) is 0 Å². The number of unbranched alkanes of at least 4 members (excludes halogenated alkanes) is 5. The van der Waals surface area contributed by atoms with Crippen molar-refractivity contribution >= 4 is 0 Å². The van der Waals surface area contributed by atoms with Gasteiger partial charge >= 0.3 is 0 Å². The molecule has 1 nitrogen and oxygen atoms in total. The van der Waals surface area contributed by atoms with Gasteiger partial charge in [-0.1, -0.05) is 52.9 Å². The predicted molar refractivity (Wildman–Crippen MR) is 68.1 cm³/mol. The minimum atomic E-state index is 0.647. The summed E-state index contributed by atoms with van der Waals surface area (Å²) < 4.78 is 0. The molecule has 1 heteroatoms. The topological polar surface area (TPSA) is 12.0 Å². The average Bonchev–Trinajstić information content (AvgIpc) is 2.79. The SMILES string of the molecule is CCCCCCCCNCC1CC1(C)C. The van der Waals surface area contributed by atoms with Crippen molar-refractivity contribution in [1.29, 1.82) is 0 Å². The molecule has 0 aliphatic heterocycles. The fourth-order valence-electron chi connectivity index (χ4n) is 2.23. The van der Waals surface area contributed by atoms with Gasteiger partial charge in [0.15, 0.2) is 0 Å². The molecule has 1 saturated carbocycles. The zero-order valence-corrected chi connectivity index (χ0v) is 10.9. The highest BCUT2D eigenvalue weighted by atomic mass is 14.9. The van der Waals surface area contributed by atoms with Crippen LogP contribution >= 0.6 is 0 Å². The third-order valence-electron chi connectivity index (χ3n) is 3.82. The van der Waals surface area contributed by atoms with Gasteiger partial charge in [0.2, 0.25) is 0 Å². The Morgan fingerprint density at radius 3 is 2.27 bits per heavy atom. The van der Waals surface area contributed by atoms with Gasteiger partial charge in [0.05, 0.1) is 0 Å². The number of hydrogen-bond acceptors (Lipinski definition) is 1. The van der Waals surface area contributed by atoms with Crippen molar-refractivity contribution in [2.24, 2.45) is 11.3 Å². The van der Waals surface area contributed by atoms with Crippen molar-refractivity contribution < 1.29 is 0 Å². The van der Waals surface area contributed by atoms with Gasteiger partial charge in [-0.15, -0.1) is 0 Å². The lowest BCUT2D eigenvalue weighted by atomic mass is 10.1. The van der Waals surface area contributed by atoms with Crippen LogP contribution in [0.1, 0.15) is 65.7 Å². The zero-order chi connectivity index (χ0) is 11.1. The third kappa shape index (κ3) is 5.55. The molecule has 1 unspecified atom stereocenters. The van der Waals surface area contributed by atoms with Crippen molar-refractivity contribution in [2.75, 3.05) is 13.1 Å². The van der Waals surface area contributed by atoms with Crippen LogP contribution < -0.4 is 5.32 Å². The molecule has 90 valence electrons. The van der Waals surface area contributed by atoms with Crippen molar-refractivity contribution in [3.05, 3.63) is 0 Å². The van der Waals surface area contributed by atoms with E-state index in [1.807, 2.05) is 0 Å². The van der Waals surface area contributed by atoms with E-state index >= 15 is 0 Å². The molecular weight excluding hydrogens is 182 g/mol. The number of rotatable bonds is 9. The van der Waals surface area contributed by atoms with Crippen LogP contribution in [-0.2, 0) is 0 Å². The number of hydrogen-bond donors (Lipinski definition) is 1. The fourth-order valence-corrected chi connectivity index (χ4v) is 2.23. The lowest BCUT2D eigenvalue weighted by molar-refractivity contribution is 0.505. The molecule has 0 saturated heterocycles. The predicted octanol–water partition coefficient (Wildman–Crippen LogP) is 3.98. The van der Waals surface area contributed by atoms with Gasteiger partial charge in [-0.25, -0.2) is 0 Å². The lowest BCUT2D eigenvalue weighted by Gasteiger charge is -2.06. The molecule has 0 aromatic heterocycles. The van der Waals surface area contributed by atoms with E-state index in [4.69, 9.17) is 0 Å². The molecule has 0 bridgehead atoms. The second-order valence-electron chi connectivity index (χ2n) is 5.86. The molecule has 0 heterocycles. The molecule has 15 heavy (non-hydrogen) atoms. The first-order valence-electron chi connectivity index (χ1n) is 6.87. The Hall–Kier alpha value is -0.0400. The standard InChI is InChI=1S/C14H29N/c1-4-5-6-7-8-9-10-15-12-13-11-14(13,2)3/h13,15H,4-12H2,1-3H3. The molecule has 0 aromatic carbocycles. The zero-order valence-electron chi connectivity index (χ0n) is 10.9. The molecule has 1 fully saturated rings. The highest BCUT2D eigenvalue weighted by Gasteiger charge is 2.44. The summed E-state index contributed by atoms with van der Waals surface area (Å²) in [7, 11) is 0. The maximum atomic E-state index is 3.59. The first-order valence-corrected chi connectivity index (χ1v) is 6.87. The Morgan fingerprint density at radius 2 is 1.67 bits per heavy atom. The van der Waals surface area contributed by atoms with E-state index in [0.29, 0.717) is 5.41 Å². The van der Waals surface area contributed by atoms with Crippen LogP contribution in [0.25, 0.3) is 0 Å². The summed E-state index contributed by atoms with van der Waals surface area (Å²) in [6.45, 7) is 9.52. The van der Waals surface area contributed by atoms with Gasteiger partial charge in [0.25, 0.3) is 0 Å². The summed E-state index contributed by atoms with van der Waals surface area (Å²) in [5, 5.41) is 3.59. The molecule has 1 rings (SSSR count). The van der Waals surface area contributed by atoms with Crippen LogP contribution in [0.5, 0.6) is 0 Å². The lowest BCUT2D eigenvalue weighted by Crippen LogP contribution is -2.19. The fraction of sp³-hybridized carbons (Fsp3) is 1.00. The Kier molecular flexibility index (Phi) is 5.66. The van der Waals surface area contributed by atoms with Crippen LogP contribution in [0.2, 0.25) is 0 Å². The second-order valence-corrected chi connectivity index (χ2v) is 5.86. The highest BCUT2D eigenvalue weighted by molar-refractivity contribution is 4.95. The Labute approximate surface area is 96.0 Å². The van der Waals surface area contributed by atoms with Gasteiger partial charge in [0.1, 0.15) is 0 Å². The van der Waals surface area contributed by atoms with Crippen LogP contribution in [0.15, 0.2) is 0 Å². The monoisotopic (exact) mass is 211 g/mol. The van der Waals surface area contributed by atoms with Crippen molar-refractivity contribution in [1.82, 2.24) is 5.32 Å². The highest BCUT2D eigenvalue weighted by Crippen LogP contribution is 2.50. The smallest absolute Gasteiger partial charge is 0.00152 e.